The van der Waals surface area contributed by atoms with Gasteiger partial charge in [-0.1, -0.05) is 30.3 Å². The lowest BCUT2D eigenvalue weighted by atomic mass is 10.1. The highest BCUT2D eigenvalue weighted by atomic mass is 32.1. The van der Waals surface area contributed by atoms with Crippen LogP contribution in [-0.2, 0) is 4.79 Å². The van der Waals surface area contributed by atoms with E-state index in [1.165, 1.54) is 23.5 Å². The van der Waals surface area contributed by atoms with E-state index in [0.717, 1.165) is 15.6 Å². The van der Waals surface area contributed by atoms with Gasteiger partial charge in [0.25, 0.3) is 0 Å². The Bertz CT molecular complexity index is 1250. The Kier molecular flexibility index (Phi) is 7.35. The molecule has 0 aliphatic carbocycles. The van der Waals surface area contributed by atoms with Gasteiger partial charge in [0, 0.05) is 23.2 Å². The van der Waals surface area contributed by atoms with Crippen molar-refractivity contribution in [2.24, 2.45) is 0 Å². The van der Waals surface area contributed by atoms with Crippen molar-refractivity contribution in [3.05, 3.63) is 101 Å². The number of hydrogen-bond acceptors (Lipinski definition) is 5. The van der Waals surface area contributed by atoms with Crippen molar-refractivity contribution in [1.29, 1.82) is 0 Å². The zero-order valence-corrected chi connectivity index (χ0v) is 19.4. The lowest BCUT2D eigenvalue weighted by molar-refractivity contribution is -0.138. The first kappa shape index (κ1) is 23.6. The van der Waals surface area contributed by atoms with E-state index >= 15 is 0 Å². The first-order valence-corrected chi connectivity index (χ1v) is 11.7. The lowest BCUT2D eigenvalue weighted by Crippen LogP contribution is -2.28. The molecule has 34 heavy (non-hydrogen) atoms. The van der Waals surface area contributed by atoms with Crippen LogP contribution in [0.25, 0.3) is 10.1 Å². The molecule has 0 aliphatic rings. The fourth-order valence-electron chi connectivity index (χ4n) is 3.70. The molecule has 0 spiro atoms. The Morgan fingerprint density at radius 1 is 1.03 bits per heavy atom. The molecule has 174 valence electrons. The first-order valence-electron chi connectivity index (χ1n) is 10.8. The van der Waals surface area contributed by atoms with Gasteiger partial charge in [-0.25, -0.2) is 4.39 Å². The normalized spacial score (nSPS) is 12.1. The average Bonchev–Trinajstić information content (AvgIpc) is 3.26. The molecule has 1 heterocycles. The number of rotatable bonds is 10. The number of carboxylic acid groups (broad SMARTS) is 1. The number of nitrogens with zero attached hydrogens (tertiary/aromatic N) is 1. The van der Waals surface area contributed by atoms with Gasteiger partial charge in [0.15, 0.2) is 0 Å². The van der Waals surface area contributed by atoms with Gasteiger partial charge < -0.3 is 9.84 Å². The number of likely N-dealkylation sites (N-methyl/N-ethyl adjacent to an activating group) is 1. The van der Waals surface area contributed by atoms with E-state index in [0.29, 0.717) is 29.2 Å². The topological polar surface area (TPSA) is 66.8 Å². The summed E-state index contributed by atoms with van der Waals surface area (Å²) in [5.74, 6) is -0.712. The quantitative estimate of drug-likeness (QED) is 0.293. The highest BCUT2D eigenvalue weighted by molar-refractivity contribution is 7.21. The van der Waals surface area contributed by atoms with Crippen LogP contribution in [0, 0.1) is 5.82 Å². The molecule has 1 N–H and O–H groups in total. The molecule has 0 radical (unpaired) electrons. The summed E-state index contributed by atoms with van der Waals surface area (Å²) >= 11 is 1.47. The second kappa shape index (κ2) is 10.6. The van der Waals surface area contributed by atoms with E-state index < -0.39 is 12.1 Å². The Hall–Kier alpha value is -3.55. The predicted molar refractivity (Wildman–Crippen MR) is 131 cm³/mol. The molecule has 0 fully saturated rings. The number of thiophene rings is 1. The zero-order chi connectivity index (χ0) is 24.1. The van der Waals surface area contributed by atoms with Crippen LogP contribution in [-0.4, -0.2) is 41.9 Å². The largest absolute Gasteiger partial charge is 0.486 e. The minimum Gasteiger partial charge on any atom is -0.486 e. The highest BCUT2D eigenvalue weighted by Crippen LogP contribution is 2.29. The molecule has 0 saturated heterocycles. The van der Waals surface area contributed by atoms with Crippen molar-refractivity contribution >= 4 is 33.2 Å². The minimum absolute atomic E-state index is 0.0434. The van der Waals surface area contributed by atoms with Crippen LogP contribution >= 0.6 is 11.3 Å². The van der Waals surface area contributed by atoms with Gasteiger partial charge in [-0.3, -0.25) is 14.5 Å². The molecule has 1 unspecified atom stereocenters. The maximum atomic E-state index is 13.4. The molecular formula is C27H24FNO4S. The van der Waals surface area contributed by atoms with Crippen LogP contribution in [0.2, 0.25) is 0 Å². The number of benzene rings is 3. The van der Waals surface area contributed by atoms with Gasteiger partial charge in [0.1, 0.15) is 17.7 Å². The molecule has 4 aromatic rings. The van der Waals surface area contributed by atoms with Crippen molar-refractivity contribution in [2.75, 3.05) is 20.1 Å². The van der Waals surface area contributed by atoms with E-state index in [9.17, 15) is 14.0 Å². The fraction of sp³-hybridized carbons (Fsp3) is 0.185. The molecule has 5 nitrogen and oxygen atoms in total. The van der Waals surface area contributed by atoms with E-state index in [1.54, 1.807) is 48.3 Å². The highest BCUT2D eigenvalue weighted by Gasteiger charge is 2.17. The third-order valence-corrected chi connectivity index (χ3v) is 6.58. The Labute approximate surface area is 201 Å². The van der Waals surface area contributed by atoms with Crippen LogP contribution in [0.3, 0.4) is 0 Å². The van der Waals surface area contributed by atoms with Crippen LogP contribution in [0.5, 0.6) is 5.75 Å². The van der Waals surface area contributed by atoms with Crippen molar-refractivity contribution in [2.45, 2.75) is 12.5 Å². The number of carboxylic acids is 1. The number of carbonyl (C=O) groups is 2. The van der Waals surface area contributed by atoms with Gasteiger partial charge in [-0.2, -0.15) is 0 Å². The molecule has 1 aromatic heterocycles. The van der Waals surface area contributed by atoms with Crippen molar-refractivity contribution < 1.29 is 23.8 Å². The molecule has 1 atom stereocenters. The second-order valence-electron chi connectivity index (χ2n) is 8.08. The summed E-state index contributed by atoms with van der Waals surface area (Å²) in [5.41, 5.74) is 1.36. The summed E-state index contributed by atoms with van der Waals surface area (Å²) in [7, 11) is 1.73. The maximum absolute atomic E-state index is 13.4. The van der Waals surface area contributed by atoms with Crippen molar-refractivity contribution in [1.82, 2.24) is 4.90 Å². The SMILES string of the molecule is CN(CCC(Oc1ccc(C(=O)c2cc3ccccc3s2)cc1)c1ccc(F)cc1)CC(=O)O. The lowest BCUT2D eigenvalue weighted by Gasteiger charge is -2.22. The Morgan fingerprint density at radius 2 is 1.74 bits per heavy atom. The zero-order valence-electron chi connectivity index (χ0n) is 18.6. The predicted octanol–water partition coefficient (Wildman–Crippen LogP) is 5.80. The fourth-order valence-corrected chi connectivity index (χ4v) is 4.73. The number of halogens is 1. The standard InChI is InChI=1S/C27H24FNO4S/c1-29(17-26(30)31)15-14-23(18-6-10-21(28)11-7-18)33-22-12-8-19(9-13-22)27(32)25-16-20-4-2-3-5-24(20)34-25/h2-13,16,23H,14-15,17H2,1H3,(H,30,31). The van der Waals surface area contributed by atoms with Gasteiger partial charge in [0.2, 0.25) is 5.78 Å². The number of hydrogen-bond donors (Lipinski definition) is 1. The number of fused-ring (bicyclic) bond motifs is 1. The second-order valence-corrected chi connectivity index (χ2v) is 9.16. The number of ketones is 1. The monoisotopic (exact) mass is 477 g/mol. The molecule has 0 amide bonds. The minimum atomic E-state index is -0.902. The first-order chi connectivity index (χ1) is 16.4. The van der Waals surface area contributed by atoms with Gasteiger partial charge in [-0.05, 0) is 66.5 Å². The maximum Gasteiger partial charge on any atom is 0.317 e. The van der Waals surface area contributed by atoms with Crippen LogP contribution < -0.4 is 4.74 Å². The third kappa shape index (κ3) is 5.87. The van der Waals surface area contributed by atoms with Crippen LogP contribution in [0.15, 0.2) is 78.9 Å². The van der Waals surface area contributed by atoms with Gasteiger partial charge in [-0.15, -0.1) is 11.3 Å². The van der Waals surface area contributed by atoms with Gasteiger partial charge in [0.05, 0.1) is 11.4 Å². The third-order valence-electron chi connectivity index (χ3n) is 5.46. The average molecular weight is 478 g/mol. The van der Waals surface area contributed by atoms with E-state index in [4.69, 9.17) is 9.84 Å². The summed E-state index contributed by atoms with van der Waals surface area (Å²) in [6.07, 6.45) is 0.110. The van der Waals surface area contributed by atoms with Crippen molar-refractivity contribution in [3.8, 4) is 5.75 Å². The molecule has 0 bridgehead atoms. The van der Waals surface area contributed by atoms with E-state index in [1.807, 2.05) is 30.3 Å². The molecule has 0 aliphatic heterocycles. The molecule has 0 saturated carbocycles. The van der Waals surface area contributed by atoms with E-state index in [-0.39, 0.29) is 18.1 Å². The summed E-state index contributed by atoms with van der Waals surface area (Å²) in [6.45, 7) is 0.404. The Morgan fingerprint density at radius 3 is 2.41 bits per heavy atom. The molecule has 4 rings (SSSR count). The summed E-state index contributed by atoms with van der Waals surface area (Å²) in [5, 5.41) is 10.0. The Balaban J connectivity index is 1.48. The van der Waals surface area contributed by atoms with Crippen LogP contribution in [0.4, 0.5) is 4.39 Å². The van der Waals surface area contributed by atoms with E-state index in [2.05, 4.69) is 0 Å². The summed E-state index contributed by atoms with van der Waals surface area (Å²) in [6, 6.07) is 22.8. The van der Waals surface area contributed by atoms with Gasteiger partial charge >= 0.3 is 5.97 Å². The summed E-state index contributed by atoms with van der Waals surface area (Å²) in [4.78, 5) is 26.3. The number of carbonyl (C=O) groups excluding carboxylic acids is 1. The molecule has 3 aromatic carbocycles. The summed E-state index contributed by atoms with van der Waals surface area (Å²) < 4.78 is 20.7. The molecular weight excluding hydrogens is 453 g/mol. The number of aliphatic carboxylic acids is 1. The van der Waals surface area contributed by atoms with Crippen LogP contribution in [0.1, 0.15) is 33.3 Å². The van der Waals surface area contributed by atoms with Crippen molar-refractivity contribution in [3.63, 3.8) is 0 Å². The smallest absolute Gasteiger partial charge is 0.317 e. The molecule has 7 heteroatoms. The number of ether oxygens (including phenoxy) is 1.